The van der Waals surface area contributed by atoms with Crippen molar-refractivity contribution in [3.05, 3.63) is 0 Å². The quantitative estimate of drug-likeness (QED) is 0.775. The summed E-state index contributed by atoms with van der Waals surface area (Å²) in [6.07, 6.45) is 5.58. The molecule has 2 rings (SSSR count). The third-order valence-electron chi connectivity index (χ3n) is 4.92. The van der Waals surface area contributed by atoms with E-state index in [0.29, 0.717) is 0 Å². The third kappa shape index (κ3) is 2.28. The number of nitrogens with zero attached hydrogens (tertiary/aromatic N) is 1. The Hall–Kier alpha value is -0.0800. The highest BCUT2D eigenvalue weighted by Gasteiger charge is 2.38. The monoisotopic (exact) mass is 224 g/mol. The van der Waals surface area contributed by atoms with E-state index >= 15 is 0 Å². The normalized spacial score (nSPS) is 46.1. The summed E-state index contributed by atoms with van der Waals surface area (Å²) >= 11 is 0. The highest BCUT2D eigenvalue weighted by Crippen LogP contribution is 2.33. The average Bonchev–Trinajstić information content (AvgIpc) is 2.71. The van der Waals surface area contributed by atoms with Gasteiger partial charge in [0.2, 0.25) is 0 Å². The first-order valence-electron chi connectivity index (χ1n) is 7.06. The van der Waals surface area contributed by atoms with Crippen molar-refractivity contribution in [1.82, 2.24) is 10.2 Å². The second-order valence-corrected chi connectivity index (χ2v) is 6.15. The minimum atomic E-state index is 0.736. The van der Waals surface area contributed by atoms with Gasteiger partial charge in [0.05, 0.1) is 0 Å². The van der Waals surface area contributed by atoms with E-state index in [9.17, 15) is 0 Å². The molecule has 1 aliphatic carbocycles. The molecule has 0 aromatic heterocycles. The zero-order valence-electron chi connectivity index (χ0n) is 11.4. The van der Waals surface area contributed by atoms with Crippen LogP contribution in [0.15, 0.2) is 0 Å². The first-order chi connectivity index (χ1) is 7.63. The number of likely N-dealkylation sites (tertiary alicyclic amines) is 1. The number of piperidine rings is 1. The van der Waals surface area contributed by atoms with Crippen LogP contribution in [0.3, 0.4) is 0 Å². The molecular formula is C14H28N2. The standard InChI is InChI=1S/C14H28N2/c1-10-8-11(2)12(3)16(9-10)14-7-5-6-13(14)15-4/h10-15H,5-9H2,1-4H3. The van der Waals surface area contributed by atoms with E-state index in [0.717, 1.165) is 30.0 Å². The summed E-state index contributed by atoms with van der Waals surface area (Å²) < 4.78 is 0. The van der Waals surface area contributed by atoms with Crippen LogP contribution in [0.25, 0.3) is 0 Å². The molecule has 0 aromatic carbocycles. The van der Waals surface area contributed by atoms with Gasteiger partial charge in [-0.15, -0.1) is 0 Å². The van der Waals surface area contributed by atoms with Crippen LogP contribution in [0.4, 0.5) is 0 Å². The molecule has 2 heteroatoms. The summed E-state index contributed by atoms with van der Waals surface area (Å²) in [4.78, 5) is 2.80. The fourth-order valence-corrected chi connectivity index (χ4v) is 3.87. The van der Waals surface area contributed by atoms with Gasteiger partial charge < -0.3 is 5.32 Å². The fraction of sp³-hybridized carbons (Fsp3) is 1.00. The van der Waals surface area contributed by atoms with Crippen LogP contribution >= 0.6 is 0 Å². The Balaban J connectivity index is 2.06. The maximum atomic E-state index is 3.52. The van der Waals surface area contributed by atoms with E-state index in [-0.39, 0.29) is 0 Å². The number of hydrogen-bond donors (Lipinski definition) is 1. The number of rotatable bonds is 2. The Labute approximate surface area is 101 Å². The minimum Gasteiger partial charge on any atom is -0.315 e. The topological polar surface area (TPSA) is 15.3 Å². The molecule has 2 fully saturated rings. The van der Waals surface area contributed by atoms with Crippen molar-refractivity contribution in [3.8, 4) is 0 Å². The molecule has 2 nitrogen and oxygen atoms in total. The van der Waals surface area contributed by atoms with Crippen LogP contribution in [0.5, 0.6) is 0 Å². The summed E-state index contributed by atoms with van der Waals surface area (Å²) in [6, 6.07) is 2.31. The number of nitrogens with one attached hydrogen (secondary N) is 1. The third-order valence-corrected chi connectivity index (χ3v) is 4.92. The van der Waals surface area contributed by atoms with E-state index < -0.39 is 0 Å². The van der Waals surface area contributed by atoms with Crippen LogP contribution in [-0.2, 0) is 0 Å². The predicted molar refractivity (Wildman–Crippen MR) is 69.6 cm³/mol. The van der Waals surface area contributed by atoms with Gasteiger partial charge in [-0.25, -0.2) is 0 Å². The summed E-state index contributed by atoms with van der Waals surface area (Å²) in [5.41, 5.74) is 0. The molecule has 1 aliphatic heterocycles. The van der Waals surface area contributed by atoms with E-state index in [1.54, 1.807) is 0 Å². The summed E-state index contributed by atoms with van der Waals surface area (Å²) in [6.45, 7) is 8.59. The molecule has 0 bridgehead atoms. The van der Waals surface area contributed by atoms with Crippen LogP contribution in [-0.4, -0.2) is 36.6 Å². The van der Waals surface area contributed by atoms with Crippen molar-refractivity contribution >= 4 is 0 Å². The average molecular weight is 224 g/mol. The second kappa shape index (κ2) is 5.05. The van der Waals surface area contributed by atoms with E-state index in [1.807, 2.05) is 0 Å². The lowest BCUT2D eigenvalue weighted by Crippen LogP contribution is -2.55. The largest absolute Gasteiger partial charge is 0.315 e. The molecule has 1 saturated heterocycles. The van der Waals surface area contributed by atoms with Crippen LogP contribution in [0.1, 0.15) is 46.5 Å². The van der Waals surface area contributed by atoms with Crippen LogP contribution < -0.4 is 5.32 Å². The van der Waals surface area contributed by atoms with Gasteiger partial charge in [0.1, 0.15) is 0 Å². The molecular weight excluding hydrogens is 196 g/mol. The van der Waals surface area contributed by atoms with Crippen molar-refractivity contribution in [2.45, 2.75) is 64.6 Å². The molecule has 94 valence electrons. The molecule has 0 spiro atoms. The van der Waals surface area contributed by atoms with Gasteiger partial charge in [-0.1, -0.05) is 20.3 Å². The summed E-state index contributed by atoms with van der Waals surface area (Å²) in [5, 5.41) is 3.52. The Kier molecular flexibility index (Phi) is 3.91. The number of likely N-dealkylation sites (N-methyl/N-ethyl adjacent to an activating group) is 1. The van der Waals surface area contributed by atoms with Gasteiger partial charge in [-0.05, 0) is 45.1 Å². The number of hydrogen-bond acceptors (Lipinski definition) is 2. The van der Waals surface area contributed by atoms with Gasteiger partial charge in [-0.2, -0.15) is 0 Å². The molecule has 0 amide bonds. The Morgan fingerprint density at radius 2 is 1.88 bits per heavy atom. The zero-order chi connectivity index (χ0) is 11.7. The minimum absolute atomic E-state index is 0.736. The maximum Gasteiger partial charge on any atom is 0.0252 e. The van der Waals surface area contributed by atoms with Gasteiger partial charge in [0.15, 0.2) is 0 Å². The lowest BCUT2D eigenvalue weighted by Gasteiger charge is -2.46. The fourth-order valence-electron chi connectivity index (χ4n) is 3.87. The van der Waals surface area contributed by atoms with Crippen LogP contribution in [0.2, 0.25) is 0 Å². The molecule has 5 unspecified atom stereocenters. The first kappa shape index (κ1) is 12.4. The molecule has 2 aliphatic rings. The highest BCUT2D eigenvalue weighted by molar-refractivity contribution is 4.95. The van der Waals surface area contributed by atoms with Crippen molar-refractivity contribution in [1.29, 1.82) is 0 Å². The van der Waals surface area contributed by atoms with Crippen molar-refractivity contribution < 1.29 is 0 Å². The molecule has 16 heavy (non-hydrogen) atoms. The smallest absolute Gasteiger partial charge is 0.0252 e. The second-order valence-electron chi connectivity index (χ2n) is 6.15. The first-order valence-corrected chi connectivity index (χ1v) is 7.06. The van der Waals surface area contributed by atoms with Crippen molar-refractivity contribution in [3.63, 3.8) is 0 Å². The van der Waals surface area contributed by atoms with E-state index in [2.05, 4.69) is 38.0 Å². The van der Waals surface area contributed by atoms with E-state index in [1.165, 1.54) is 32.2 Å². The van der Waals surface area contributed by atoms with E-state index in [4.69, 9.17) is 0 Å². The Morgan fingerprint density at radius 3 is 2.56 bits per heavy atom. The van der Waals surface area contributed by atoms with Gasteiger partial charge in [0.25, 0.3) is 0 Å². The lowest BCUT2D eigenvalue weighted by molar-refractivity contribution is 0.0334. The predicted octanol–water partition coefficient (Wildman–Crippen LogP) is 2.49. The van der Waals surface area contributed by atoms with Crippen molar-refractivity contribution in [2.24, 2.45) is 11.8 Å². The lowest BCUT2D eigenvalue weighted by atomic mass is 9.84. The molecule has 0 aromatic rings. The summed E-state index contributed by atoms with van der Waals surface area (Å²) in [7, 11) is 2.13. The summed E-state index contributed by atoms with van der Waals surface area (Å²) in [5.74, 6) is 1.74. The molecule has 1 N–H and O–H groups in total. The molecule has 0 radical (unpaired) electrons. The van der Waals surface area contributed by atoms with Crippen molar-refractivity contribution in [2.75, 3.05) is 13.6 Å². The molecule has 1 saturated carbocycles. The molecule has 5 atom stereocenters. The Morgan fingerprint density at radius 1 is 1.12 bits per heavy atom. The van der Waals surface area contributed by atoms with Crippen LogP contribution in [0, 0.1) is 11.8 Å². The highest BCUT2D eigenvalue weighted by atomic mass is 15.2. The zero-order valence-corrected chi connectivity index (χ0v) is 11.4. The van der Waals surface area contributed by atoms with Gasteiger partial charge >= 0.3 is 0 Å². The van der Waals surface area contributed by atoms with Gasteiger partial charge in [0, 0.05) is 24.7 Å². The maximum absolute atomic E-state index is 3.52. The Bertz CT molecular complexity index is 229. The van der Waals surface area contributed by atoms with Gasteiger partial charge in [-0.3, -0.25) is 4.90 Å². The SMILES string of the molecule is CNC1CCCC1N1CC(C)CC(C)C1C. The molecule has 1 heterocycles.